The lowest BCUT2D eigenvalue weighted by Gasteiger charge is -2.23. The summed E-state index contributed by atoms with van der Waals surface area (Å²) in [4.78, 5) is 24.4. The third-order valence-corrected chi connectivity index (χ3v) is 6.60. The summed E-state index contributed by atoms with van der Waals surface area (Å²) >= 11 is 0. The lowest BCUT2D eigenvalue weighted by molar-refractivity contribution is -0.144. The average molecular weight is 492 g/mol. The van der Waals surface area contributed by atoms with E-state index in [4.69, 9.17) is 19.7 Å². The minimum Gasteiger partial charge on any atom is -0.465 e. The van der Waals surface area contributed by atoms with Gasteiger partial charge in [-0.15, -0.1) is 0 Å². The molecule has 2 aromatic heterocycles. The Morgan fingerprint density at radius 1 is 1.29 bits per heavy atom. The van der Waals surface area contributed by atoms with Crippen molar-refractivity contribution in [3.05, 3.63) is 47.9 Å². The maximum absolute atomic E-state index is 13.5. The number of ether oxygens (including phenoxy) is 2. The highest BCUT2D eigenvalue weighted by Gasteiger charge is 2.29. The molecule has 3 aromatic rings. The number of carbonyl (C=O) groups is 1. The molecule has 34 heavy (non-hydrogen) atoms. The first-order chi connectivity index (χ1) is 16.3. The second-order valence-corrected chi connectivity index (χ2v) is 9.49. The molecule has 1 unspecified atom stereocenters. The molecule has 0 radical (unpaired) electrons. The molecule has 3 rings (SSSR count). The van der Waals surface area contributed by atoms with Crippen LogP contribution >= 0.6 is 7.52 Å². The van der Waals surface area contributed by atoms with Crippen molar-refractivity contribution in [1.29, 1.82) is 0 Å². The van der Waals surface area contributed by atoms with Gasteiger partial charge in [0.25, 0.3) is 7.52 Å². The second kappa shape index (κ2) is 12.0. The number of nitrogens with two attached hydrogens (primary N) is 1. The third kappa shape index (κ3) is 6.81. The number of esters is 1. The van der Waals surface area contributed by atoms with Crippen molar-refractivity contribution < 1.29 is 28.5 Å². The van der Waals surface area contributed by atoms with Crippen molar-refractivity contribution in [2.24, 2.45) is 0 Å². The number of anilines is 1. The molecule has 0 spiro atoms. The van der Waals surface area contributed by atoms with Crippen LogP contribution in [0.25, 0.3) is 11.2 Å². The van der Waals surface area contributed by atoms with Gasteiger partial charge in [0.1, 0.15) is 17.9 Å². The van der Waals surface area contributed by atoms with Gasteiger partial charge >= 0.3 is 5.97 Å². The fourth-order valence-corrected chi connectivity index (χ4v) is 4.77. The minimum absolute atomic E-state index is 0.0233. The Bertz CT molecular complexity index is 1140. The van der Waals surface area contributed by atoms with E-state index in [2.05, 4.69) is 20.0 Å². The largest absolute Gasteiger partial charge is 0.465 e. The summed E-state index contributed by atoms with van der Waals surface area (Å²) in [5, 5.41) is 12.2. The number of nitrogen functional groups attached to an aromatic ring is 1. The Labute approximate surface area is 197 Å². The Morgan fingerprint density at radius 2 is 2.06 bits per heavy atom. The number of carbonyl (C=O) groups excluding carboxylic acids is 1. The molecule has 0 aliphatic rings. The molecule has 0 saturated carbocycles. The molecule has 184 valence electrons. The van der Waals surface area contributed by atoms with E-state index in [1.54, 1.807) is 18.4 Å². The molecule has 2 atom stereocenters. The monoisotopic (exact) mass is 492 g/mol. The van der Waals surface area contributed by atoms with E-state index in [0.29, 0.717) is 23.4 Å². The van der Waals surface area contributed by atoms with Gasteiger partial charge in [0.05, 0.1) is 38.4 Å². The number of benzene rings is 1. The summed E-state index contributed by atoms with van der Waals surface area (Å²) in [7, 11) is -3.57. The Balaban J connectivity index is 1.64. The van der Waals surface area contributed by atoms with Gasteiger partial charge in [-0.3, -0.25) is 9.36 Å². The fraction of sp³-hybridized carbons (Fsp3) is 0.429. The Morgan fingerprint density at radius 3 is 2.76 bits per heavy atom. The summed E-state index contributed by atoms with van der Waals surface area (Å²) in [6.45, 7) is 3.70. The number of nitrogens with zero attached hydrogens (tertiary/aromatic N) is 4. The van der Waals surface area contributed by atoms with E-state index in [1.165, 1.54) is 6.33 Å². The van der Waals surface area contributed by atoms with E-state index in [9.17, 15) is 14.5 Å². The molecule has 0 fully saturated rings. The van der Waals surface area contributed by atoms with Gasteiger partial charge in [-0.1, -0.05) is 30.3 Å². The van der Waals surface area contributed by atoms with Crippen LogP contribution in [0.3, 0.4) is 0 Å². The maximum Gasteiger partial charge on any atom is 0.323 e. The topological polar surface area (TPSA) is 164 Å². The minimum atomic E-state index is -3.57. The number of hydrogen-bond donors (Lipinski definition) is 3. The number of aromatic nitrogens is 4. The van der Waals surface area contributed by atoms with Crippen molar-refractivity contribution in [2.75, 3.05) is 25.3 Å². The smallest absolute Gasteiger partial charge is 0.323 e. The summed E-state index contributed by atoms with van der Waals surface area (Å²) < 4.78 is 31.5. The molecule has 0 aliphatic heterocycles. The van der Waals surface area contributed by atoms with Crippen LogP contribution in [0.5, 0.6) is 0 Å². The molecule has 0 aliphatic carbocycles. The number of aliphatic hydroxyl groups excluding tert-OH is 1. The first-order valence-corrected chi connectivity index (χ1v) is 12.5. The van der Waals surface area contributed by atoms with Gasteiger partial charge in [0.2, 0.25) is 5.95 Å². The van der Waals surface area contributed by atoms with Crippen molar-refractivity contribution in [3.8, 4) is 0 Å². The molecule has 1 aromatic carbocycles. The molecular weight excluding hydrogens is 463 g/mol. The van der Waals surface area contributed by atoms with Crippen LogP contribution in [0.2, 0.25) is 0 Å². The number of aliphatic hydroxyl groups is 1. The van der Waals surface area contributed by atoms with Crippen LogP contribution in [0, 0.1) is 0 Å². The van der Waals surface area contributed by atoms with Crippen LogP contribution in [0.15, 0.2) is 36.7 Å². The Hall–Kier alpha value is -2.89. The van der Waals surface area contributed by atoms with Crippen LogP contribution in [-0.4, -0.2) is 56.2 Å². The number of rotatable bonds is 13. The summed E-state index contributed by atoms with van der Waals surface area (Å²) in [6, 6.07) is 8.41. The van der Waals surface area contributed by atoms with Gasteiger partial charge < -0.3 is 29.4 Å². The van der Waals surface area contributed by atoms with E-state index in [0.717, 1.165) is 5.56 Å². The number of imidazole rings is 1. The summed E-state index contributed by atoms with van der Waals surface area (Å²) in [6.07, 6.45) is 1.27. The van der Waals surface area contributed by atoms with Crippen LogP contribution in [-0.2, 0) is 43.1 Å². The molecular formula is C21H29N6O6P. The fourth-order valence-electron chi connectivity index (χ4n) is 3.12. The van der Waals surface area contributed by atoms with Crippen molar-refractivity contribution >= 4 is 30.6 Å². The molecule has 4 N–H and O–H groups in total. The van der Waals surface area contributed by atoms with Gasteiger partial charge in [0, 0.05) is 6.54 Å². The van der Waals surface area contributed by atoms with Gasteiger partial charge in [-0.2, -0.15) is 4.98 Å². The van der Waals surface area contributed by atoms with Crippen molar-refractivity contribution in [2.45, 2.75) is 39.6 Å². The molecule has 0 saturated heterocycles. The highest BCUT2D eigenvalue weighted by atomic mass is 31.2. The second-order valence-electron chi connectivity index (χ2n) is 7.37. The van der Waals surface area contributed by atoms with E-state index >= 15 is 0 Å². The zero-order chi connectivity index (χ0) is 24.6. The zero-order valence-electron chi connectivity index (χ0n) is 19.1. The van der Waals surface area contributed by atoms with Crippen molar-refractivity contribution in [1.82, 2.24) is 24.6 Å². The number of fused-ring (bicyclic) bond motifs is 1. The predicted molar refractivity (Wildman–Crippen MR) is 125 cm³/mol. The number of hydrogen-bond acceptors (Lipinski definition) is 10. The van der Waals surface area contributed by atoms with E-state index in [-0.39, 0.29) is 38.7 Å². The first-order valence-electron chi connectivity index (χ1n) is 10.7. The highest BCUT2D eigenvalue weighted by Crippen LogP contribution is 2.44. The van der Waals surface area contributed by atoms with Crippen LogP contribution in [0.1, 0.15) is 25.1 Å². The lowest BCUT2D eigenvalue weighted by atomic mass is 10.2. The highest BCUT2D eigenvalue weighted by molar-refractivity contribution is 7.56. The van der Waals surface area contributed by atoms with Crippen LogP contribution in [0.4, 0.5) is 5.95 Å². The van der Waals surface area contributed by atoms with E-state index < -0.39 is 19.5 Å². The normalized spacial score (nSPS) is 14.1. The molecule has 2 heterocycles. The van der Waals surface area contributed by atoms with E-state index in [1.807, 2.05) is 30.3 Å². The standard InChI is InChI=1S/C21H29N6O6P/c1-3-32-20(29)15(2)26-34(30,33-12-16-7-5-4-6-8-16)14-31-10-9-27-13-23-18-17(11-28)24-21(22)25-19(18)27/h4-8,13,15,28H,3,9-12,14H2,1-2H3,(H,26,30)(H2,22,24,25)/t15-,34?/m0/s1. The molecule has 13 heteroatoms. The van der Waals surface area contributed by atoms with Gasteiger partial charge in [-0.05, 0) is 19.4 Å². The lowest BCUT2D eigenvalue weighted by Crippen LogP contribution is -2.34. The molecule has 0 amide bonds. The predicted octanol–water partition coefficient (Wildman–Crippen LogP) is 1.83. The quantitative estimate of drug-likeness (QED) is 0.181. The third-order valence-electron chi connectivity index (χ3n) is 4.75. The summed E-state index contributed by atoms with van der Waals surface area (Å²) in [5.74, 6) is -0.511. The molecule has 12 nitrogen and oxygen atoms in total. The zero-order valence-corrected chi connectivity index (χ0v) is 20.0. The average Bonchev–Trinajstić information content (AvgIpc) is 3.23. The van der Waals surface area contributed by atoms with Gasteiger partial charge in [0.15, 0.2) is 5.65 Å². The first kappa shape index (κ1) is 25.7. The van der Waals surface area contributed by atoms with Gasteiger partial charge in [-0.25, -0.2) is 15.1 Å². The molecule has 0 bridgehead atoms. The number of nitrogens with one attached hydrogen (secondary N) is 1. The Kier molecular flexibility index (Phi) is 9.08. The summed E-state index contributed by atoms with van der Waals surface area (Å²) in [5.41, 5.74) is 7.77. The maximum atomic E-state index is 13.5. The van der Waals surface area contributed by atoms with Crippen LogP contribution < -0.4 is 10.8 Å². The SMILES string of the molecule is CCOC(=O)[C@H](C)NP(=O)(COCCn1cnc2c(CO)nc(N)nc21)OCc1ccccc1. The van der Waals surface area contributed by atoms with Crippen molar-refractivity contribution in [3.63, 3.8) is 0 Å².